The molecule has 2 unspecified atom stereocenters. The van der Waals surface area contributed by atoms with Crippen LogP contribution < -0.4 is 5.32 Å². The Kier molecular flexibility index (Phi) is 6.77. The topological polar surface area (TPSA) is 104 Å². The zero-order valence-electron chi connectivity index (χ0n) is 15.1. The van der Waals surface area contributed by atoms with Gasteiger partial charge in [0.05, 0.1) is 17.2 Å². The minimum atomic E-state index is -3.48. The number of carboxylic acids is 1. The summed E-state index contributed by atoms with van der Waals surface area (Å²) in [5.74, 6) is -1.95. The molecule has 1 aliphatic heterocycles. The number of piperidine rings is 1. The van der Waals surface area contributed by atoms with Gasteiger partial charge < -0.3 is 10.4 Å². The number of nitrogens with zero attached hydrogens (tertiary/aromatic N) is 1. The molecule has 1 aromatic carbocycles. The third-order valence-corrected chi connectivity index (χ3v) is 6.68. The van der Waals surface area contributed by atoms with E-state index in [1.165, 1.54) is 23.4 Å². The minimum absolute atomic E-state index is 0.0702. The van der Waals surface area contributed by atoms with E-state index in [1.54, 1.807) is 19.1 Å². The molecule has 1 heterocycles. The zero-order valence-corrected chi connectivity index (χ0v) is 16.0. The molecule has 0 spiro atoms. The number of benzene rings is 1. The van der Waals surface area contributed by atoms with E-state index >= 15 is 0 Å². The number of hydrogen-bond donors (Lipinski definition) is 2. The molecule has 0 aromatic heterocycles. The molecule has 2 N–H and O–H groups in total. The number of carbonyl (C=O) groups excluding carboxylic acids is 1. The molecule has 26 heavy (non-hydrogen) atoms. The summed E-state index contributed by atoms with van der Waals surface area (Å²) < 4.78 is 26.7. The van der Waals surface area contributed by atoms with Crippen molar-refractivity contribution in [3.8, 4) is 0 Å². The van der Waals surface area contributed by atoms with Gasteiger partial charge in [0.2, 0.25) is 15.9 Å². The van der Waals surface area contributed by atoms with Crippen LogP contribution in [0.25, 0.3) is 0 Å². The van der Waals surface area contributed by atoms with Crippen molar-refractivity contribution in [2.24, 2.45) is 5.92 Å². The Morgan fingerprint density at radius 3 is 2.23 bits per heavy atom. The van der Waals surface area contributed by atoms with Gasteiger partial charge in [0.25, 0.3) is 0 Å². The second-order valence-electron chi connectivity index (χ2n) is 6.77. The molecule has 0 saturated carbocycles. The number of nitrogens with one attached hydrogen (secondary N) is 1. The van der Waals surface area contributed by atoms with E-state index in [4.69, 9.17) is 5.11 Å². The second-order valence-corrected chi connectivity index (χ2v) is 8.71. The van der Waals surface area contributed by atoms with Crippen LogP contribution in [-0.2, 0) is 26.0 Å². The number of carboxylic acid groups (broad SMARTS) is 1. The first kappa shape index (κ1) is 20.4. The maximum absolute atomic E-state index is 12.6. The van der Waals surface area contributed by atoms with E-state index in [-0.39, 0.29) is 17.2 Å². The van der Waals surface area contributed by atoms with Crippen LogP contribution in [0, 0.1) is 5.92 Å². The van der Waals surface area contributed by atoms with Gasteiger partial charge in [0, 0.05) is 19.1 Å². The fraction of sp³-hybridized carbons (Fsp3) is 0.556. The monoisotopic (exact) mass is 382 g/mol. The van der Waals surface area contributed by atoms with Gasteiger partial charge in [-0.1, -0.05) is 18.6 Å². The summed E-state index contributed by atoms with van der Waals surface area (Å²) in [6.07, 6.45) is 2.88. The number of hydrogen-bond acceptors (Lipinski definition) is 4. The van der Waals surface area contributed by atoms with Crippen molar-refractivity contribution in [1.82, 2.24) is 9.62 Å². The molecule has 0 radical (unpaired) electrons. The quantitative estimate of drug-likeness (QED) is 0.746. The van der Waals surface area contributed by atoms with E-state index in [1.807, 2.05) is 0 Å². The molecular formula is C18H26N2O5S. The fourth-order valence-electron chi connectivity index (χ4n) is 2.86. The Balaban J connectivity index is 1.98. The van der Waals surface area contributed by atoms with Crippen LogP contribution in [0.3, 0.4) is 0 Å². The van der Waals surface area contributed by atoms with Gasteiger partial charge in [-0.3, -0.25) is 9.59 Å². The first-order valence-corrected chi connectivity index (χ1v) is 10.3. The normalized spacial score (nSPS) is 18.1. The molecule has 0 bridgehead atoms. The van der Waals surface area contributed by atoms with Crippen LogP contribution in [0.4, 0.5) is 0 Å². The Morgan fingerprint density at radius 2 is 1.69 bits per heavy atom. The van der Waals surface area contributed by atoms with Crippen molar-refractivity contribution in [1.29, 1.82) is 0 Å². The molecule has 1 saturated heterocycles. The molecule has 0 aliphatic carbocycles. The van der Waals surface area contributed by atoms with Gasteiger partial charge in [-0.25, -0.2) is 8.42 Å². The highest BCUT2D eigenvalue weighted by Crippen LogP contribution is 2.21. The summed E-state index contributed by atoms with van der Waals surface area (Å²) >= 11 is 0. The summed E-state index contributed by atoms with van der Waals surface area (Å²) in [7, 11) is -3.48. The van der Waals surface area contributed by atoms with E-state index in [0.717, 1.165) is 19.3 Å². The lowest BCUT2D eigenvalue weighted by molar-refractivity contribution is -0.142. The summed E-state index contributed by atoms with van der Waals surface area (Å²) in [4.78, 5) is 23.2. The maximum Gasteiger partial charge on any atom is 0.308 e. The van der Waals surface area contributed by atoms with Crippen molar-refractivity contribution in [2.75, 3.05) is 13.1 Å². The second kappa shape index (κ2) is 8.64. The Morgan fingerprint density at radius 1 is 1.12 bits per heavy atom. The van der Waals surface area contributed by atoms with Gasteiger partial charge in [-0.15, -0.1) is 0 Å². The minimum Gasteiger partial charge on any atom is -0.481 e. The van der Waals surface area contributed by atoms with Gasteiger partial charge in [-0.2, -0.15) is 4.31 Å². The fourth-order valence-corrected chi connectivity index (χ4v) is 4.38. The van der Waals surface area contributed by atoms with Gasteiger partial charge in [0.1, 0.15) is 0 Å². The number of aliphatic carboxylic acids is 1. The molecule has 7 nitrogen and oxygen atoms in total. The molecule has 1 aromatic rings. The van der Waals surface area contributed by atoms with Crippen LogP contribution in [0.5, 0.6) is 0 Å². The molecule has 1 fully saturated rings. The van der Waals surface area contributed by atoms with Crippen LogP contribution >= 0.6 is 0 Å². The summed E-state index contributed by atoms with van der Waals surface area (Å²) in [6.45, 7) is 4.27. The average Bonchev–Trinajstić information content (AvgIpc) is 2.62. The molecule has 2 atom stereocenters. The highest BCUT2D eigenvalue weighted by Gasteiger charge is 2.26. The average molecular weight is 382 g/mol. The maximum atomic E-state index is 12.6. The van der Waals surface area contributed by atoms with Crippen LogP contribution in [0.15, 0.2) is 29.2 Å². The van der Waals surface area contributed by atoms with E-state index in [2.05, 4.69) is 5.32 Å². The standard InChI is InChI=1S/C18H26N2O5S/c1-13(18(22)23)14(2)19-17(21)12-15-6-8-16(9-7-15)26(24,25)20-10-4-3-5-11-20/h6-9,13-14H,3-5,10-12H2,1-2H3,(H,19,21)(H,22,23). The van der Waals surface area contributed by atoms with Crippen molar-refractivity contribution in [3.63, 3.8) is 0 Å². The number of sulfonamides is 1. The van der Waals surface area contributed by atoms with Gasteiger partial charge in [-0.05, 0) is 44.4 Å². The van der Waals surface area contributed by atoms with Gasteiger partial charge >= 0.3 is 5.97 Å². The highest BCUT2D eigenvalue weighted by atomic mass is 32.2. The van der Waals surface area contributed by atoms with Crippen LogP contribution in [-0.4, -0.2) is 48.8 Å². The third kappa shape index (κ3) is 5.04. The van der Waals surface area contributed by atoms with E-state index in [9.17, 15) is 18.0 Å². The van der Waals surface area contributed by atoms with Crippen LogP contribution in [0.1, 0.15) is 38.7 Å². The van der Waals surface area contributed by atoms with Gasteiger partial charge in [0.15, 0.2) is 0 Å². The predicted molar refractivity (Wildman–Crippen MR) is 97.2 cm³/mol. The largest absolute Gasteiger partial charge is 0.481 e. The molecule has 144 valence electrons. The number of carbonyl (C=O) groups is 2. The lowest BCUT2D eigenvalue weighted by Gasteiger charge is -2.25. The lowest BCUT2D eigenvalue weighted by atomic mass is 10.0. The van der Waals surface area contributed by atoms with E-state index in [0.29, 0.717) is 18.7 Å². The van der Waals surface area contributed by atoms with Crippen molar-refractivity contribution in [3.05, 3.63) is 29.8 Å². The smallest absolute Gasteiger partial charge is 0.308 e. The first-order valence-electron chi connectivity index (χ1n) is 8.83. The predicted octanol–water partition coefficient (Wildman–Crippen LogP) is 1.63. The molecule has 1 amide bonds. The molecule has 1 aliphatic rings. The van der Waals surface area contributed by atoms with Crippen molar-refractivity contribution in [2.45, 2.75) is 50.5 Å². The first-order chi connectivity index (χ1) is 12.2. The van der Waals surface area contributed by atoms with E-state index < -0.39 is 28.0 Å². The molecule has 8 heteroatoms. The SMILES string of the molecule is CC(NC(=O)Cc1ccc(S(=O)(=O)N2CCCCC2)cc1)C(C)C(=O)O. The van der Waals surface area contributed by atoms with Crippen LogP contribution in [0.2, 0.25) is 0 Å². The zero-order chi connectivity index (χ0) is 19.3. The highest BCUT2D eigenvalue weighted by molar-refractivity contribution is 7.89. The number of rotatable bonds is 7. The van der Waals surface area contributed by atoms with Crippen molar-refractivity contribution < 1.29 is 23.1 Å². The Labute approximate surface area is 154 Å². The summed E-state index contributed by atoms with van der Waals surface area (Å²) in [5, 5.41) is 11.6. The lowest BCUT2D eigenvalue weighted by Crippen LogP contribution is -2.40. The van der Waals surface area contributed by atoms with Crippen molar-refractivity contribution >= 4 is 21.9 Å². The number of amides is 1. The Hall–Kier alpha value is -1.93. The third-order valence-electron chi connectivity index (χ3n) is 4.77. The molecular weight excluding hydrogens is 356 g/mol. The summed E-state index contributed by atoms with van der Waals surface area (Å²) in [5.41, 5.74) is 0.676. The summed E-state index contributed by atoms with van der Waals surface area (Å²) in [6, 6.07) is 5.81. The Bertz CT molecular complexity index is 739. The molecule has 2 rings (SSSR count).